The number of methoxy groups -OCH3 is 1. The number of ether oxygens (including phenoxy) is 1. The third-order valence-electron chi connectivity index (χ3n) is 3.14. The zero-order valence-corrected chi connectivity index (χ0v) is 16.1. The van der Waals surface area contributed by atoms with Crippen LogP contribution in [-0.2, 0) is 16.4 Å². The first-order valence-corrected chi connectivity index (χ1v) is 9.41. The monoisotopic (exact) mass is 388 g/mol. The molecular formula is C16H22F2N4O3S. The summed E-state index contributed by atoms with van der Waals surface area (Å²) in [5.41, 5.74) is 1.07. The molecule has 0 saturated heterocycles. The van der Waals surface area contributed by atoms with Gasteiger partial charge in [0.05, 0.1) is 12.8 Å². The van der Waals surface area contributed by atoms with Crippen molar-refractivity contribution in [2.45, 2.75) is 39.9 Å². The maximum atomic E-state index is 12.6. The highest BCUT2D eigenvalue weighted by molar-refractivity contribution is 7.93. The third kappa shape index (κ3) is 5.58. The predicted octanol–water partition coefficient (Wildman–Crippen LogP) is 3.08. The van der Waals surface area contributed by atoms with Crippen LogP contribution < -0.4 is 9.46 Å². The molecule has 0 radical (unpaired) electrons. The number of nitrogens with one attached hydrogen (secondary N) is 1. The smallest absolute Gasteiger partial charge is 0.355 e. The Labute approximate surface area is 151 Å². The number of hydrogen-bond donors (Lipinski definition) is 1. The van der Waals surface area contributed by atoms with Crippen LogP contribution in [0.1, 0.15) is 36.6 Å². The van der Waals surface area contributed by atoms with Crippen molar-refractivity contribution in [3.63, 3.8) is 0 Å². The summed E-state index contributed by atoms with van der Waals surface area (Å²) in [4.78, 5) is 12.2. The number of sulfonamides is 1. The van der Waals surface area contributed by atoms with Crippen molar-refractivity contribution in [1.82, 2.24) is 15.0 Å². The second-order valence-corrected chi connectivity index (χ2v) is 6.63. The molecule has 1 heterocycles. The zero-order valence-electron chi connectivity index (χ0n) is 15.2. The van der Waals surface area contributed by atoms with Gasteiger partial charge in [0.2, 0.25) is 0 Å². The molecule has 0 bridgehead atoms. The fourth-order valence-electron chi connectivity index (χ4n) is 2.06. The Morgan fingerprint density at radius 3 is 2.38 bits per heavy atom. The maximum Gasteiger partial charge on any atom is 0.355 e. The Morgan fingerprint density at radius 2 is 1.81 bits per heavy atom. The summed E-state index contributed by atoms with van der Waals surface area (Å²) in [5, 5.41) is 0. The van der Waals surface area contributed by atoms with Crippen LogP contribution in [-0.4, -0.2) is 36.2 Å². The predicted molar refractivity (Wildman–Crippen MR) is 95.0 cm³/mol. The average molecular weight is 388 g/mol. The van der Waals surface area contributed by atoms with E-state index < -0.39 is 15.8 Å². The molecular weight excluding hydrogens is 366 g/mol. The average Bonchev–Trinajstić information content (AvgIpc) is 2.59. The fourth-order valence-corrected chi connectivity index (χ4v) is 2.73. The van der Waals surface area contributed by atoms with Crippen molar-refractivity contribution in [2.24, 2.45) is 0 Å². The number of anilines is 1. The maximum absolute atomic E-state index is 12.6. The molecule has 0 aliphatic rings. The molecule has 1 N–H and O–H groups in total. The van der Waals surface area contributed by atoms with Crippen LogP contribution >= 0.6 is 0 Å². The molecule has 1 aromatic heterocycles. The topological polar surface area (TPSA) is 94.1 Å². The molecule has 0 unspecified atom stereocenters. The molecule has 7 nitrogen and oxygen atoms in total. The van der Waals surface area contributed by atoms with Crippen LogP contribution in [0.15, 0.2) is 18.2 Å². The van der Waals surface area contributed by atoms with Crippen molar-refractivity contribution < 1.29 is 21.9 Å². The highest BCUT2D eigenvalue weighted by Crippen LogP contribution is 2.25. The molecule has 0 fully saturated rings. The van der Waals surface area contributed by atoms with Crippen LogP contribution in [0.5, 0.6) is 6.01 Å². The minimum atomic E-state index is -4.77. The van der Waals surface area contributed by atoms with E-state index in [1.807, 2.05) is 18.6 Å². The van der Waals surface area contributed by atoms with E-state index in [-0.39, 0.29) is 18.1 Å². The zero-order chi connectivity index (χ0) is 19.9. The highest BCUT2D eigenvalue weighted by Gasteiger charge is 2.25. The Morgan fingerprint density at radius 1 is 1.15 bits per heavy atom. The number of nitrogens with zero attached hydrogens (tertiary/aromatic N) is 3. The molecule has 2 rings (SSSR count). The van der Waals surface area contributed by atoms with Gasteiger partial charge in [0.1, 0.15) is 11.6 Å². The lowest BCUT2D eigenvalue weighted by atomic mass is 10.1. The first kappa shape index (κ1) is 21.7. The molecule has 1 aromatic carbocycles. The summed E-state index contributed by atoms with van der Waals surface area (Å²) in [5.74, 6) is -2.76. The van der Waals surface area contributed by atoms with Gasteiger partial charge in [0.15, 0.2) is 0 Å². The second kappa shape index (κ2) is 9.37. The van der Waals surface area contributed by atoms with Gasteiger partial charge in [-0.05, 0) is 25.0 Å². The van der Waals surface area contributed by atoms with Crippen LogP contribution in [0, 0.1) is 13.8 Å². The van der Waals surface area contributed by atoms with E-state index in [2.05, 4.69) is 15.0 Å². The molecule has 0 aliphatic carbocycles. The molecule has 0 atom stereocenters. The summed E-state index contributed by atoms with van der Waals surface area (Å²) in [6.07, 6.45) is 0.127. The number of benzene rings is 1. The van der Waals surface area contributed by atoms with Gasteiger partial charge in [-0.1, -0.05) is 32.0 Å². The minimum absolute atomic E-state index is 0.0924. The van der Waals surface area contributed by atoms with Crippen LogP contribution in [0.25, 0.3) is 0 Å². The second-order valence-electron chi connectivity index (χ2n) is 4.98. The van der Waals surface area contributed by atoms with E-state index in [1.165, 1.54) is 7.11 Å². The van der Waals surface area contributed by atoms with E-state index in [9.17, 15) is 17.2 Å². The number of rotatable bonds is 6. The summed E-state index contributed by atoms with van der Waals surface area (Å²) in [7, 11) is -3.36. The van der Waals surface area contributed by atoms with Gasteiger partial charge in [0, 0.05) is 6.42 Å². The number of hydrogen-bond acceptors (Lipinski definition) is 6. The summed E-state index contributed by atoms with van der Waals surface area (Å²) < 4.78 is 55.2. The summed E-state index contributed by atoms with van der Waals surface area (Å²) in [6.45, 7) is 7.27. The molecule has 0 saturated carbocycles. The van der Waals surface area contributed by atoms with Gasteiger partial charge in [-0.2, -0.15) is 18.7 Å². The lowest BCUT2D eigenvalue weighted by Crippen LogP contribution is -2.22. The van der Waals surface area contributed by atoms with Crippen molar-refractivity contribution >= 4 is 15.7 Å². The van der Waals surface area contributed by atoms with Crippen LogP contribution in [0.3, 0.4) is 0 Å². The van der Waals surface area contributed by atoms with Gasteiger partial charge < -0.3 is 4.74 Å². The molecule has 0 amide bonds. The van der Waals surface area contributed by atoms with Crippen molar-refractivity contribution in [1.29, 1.82) is 0 Å². The minimum Gasteiger partial charge on any atom is -0.467 e. The Bertz CT molecular complexity index is 845. The number of alkyl halides is 2. The molecule has 0 aliphatic heterocycles. The number of para-hydroxylation sites is 1. The Kier molecular flexibility index (Phi) is 7.81. The Balaban J connectivity index is 0.00000163. The van der Waals surface area contributed by atoms with Crippen molar-refractivity contribution in [3.05, 3.63) is 41.0 Å². The van der Waals surface area contributed by atoms with E-state index in [0.717, 1.165) is 0 Å². The first-order chi connectivity index (χ1) is 12.2. The molecule has 10 heteroatoms. The van der Waals surface area contributed by atoms with Gasteiger partial charge in [-0.15, -0.1) is 0 Å². The number of halogens is 2. The normalized spacial score (nSPS) is 10.9. The fraction of sp³-hybridized carbons (Fsp3) is 0.438. The quantitative estimate of drug-likeness (QED) is 0.817. The van der Waals surface area contributed by atoms with Gasteiger partial charge in [0.25, 0.3) is 10.0 Å². The van der Waals surface area contributed by atoms with Gasteiger partial charge in [-0.25, -0.2) is 13.4 Å². The van der Waals surface area contributed by atoms with Gasteiger partial charge >= 0.3 is 11.8 Å². The van der Waals surface area contributed by atoms with E-state index in [4.69, 9.17) is 4.74 Å². The van der Waals surface area contributed by atoms with E-state index in [0.29, 0.717) is 22.8 Å². The third-order valence-corrected chi connectivity index (χ3v) is 4.10. The molecule has 144 valence electrons. The van der Waals surface area contributed by atoms with Gasteiger partial charge in [-0.3, -0.25) is 4.72 Å². The van der Waals surface area contributed by atoms with Crippen molar-refractivity contribution in [2.75, 3.05) is 11.8 Å². The van der Waals surface area contributed by atoms with Crippen LogP contribution in [0.4, 0.5) is 14.5 Å². The summed E-state index contributed by atoms with van der Waals surface area (Å²) >= 11 is 0. The first-order valence-electron chi connectivity index (χ1n) is 7.86. The molecule has 26 heavy (non-hydrogen) atoms. The SMILES string of the molecule is CC.COc1nc(C)nc(Cc2cccc(C)c2NS(=O)(=O)C(F)F)n1. The lowest BCUT2D eigenvalue weighted by molar-refractivity contribution is 0.236. The van der Waals surface area contributed by atoms with E-state index >= 15 is 0 Å². The van der Waals surface area contributed by atoms with E-state index in [1.54, 1.807) is 32.0 Å². The van der Waals surface area contributed by atoms with Crippen LogP contribution in [0.2, 0.25) is 0 Å². The molecule has 0 spiro atoms. The largest absolute Gasteiger partial charge is 0.467 e. The highest BCUT2D eigenvalue weighted by atomic mass is 32.2. The standard InChI is InChI=1S/C14H16F2N4O3S.C2H6/c1-8-5-4-6-10(12(8)20-24(21,22)13(15)16)7-11-17-9(2)18-14(19-11)23-3;1-2/h4-6,13,20H,7H2,1-3H3;1-2H3. The number of aromatic nitrogens is 3. The Hall–Kier alpha value is -2.36. The van der Waals surface area contributed by atoms with Crippen molar-refractivity contribution in [3.8, 4) is 6.01 Å². The lowest BCUT2D eigenvalue weighted by Gasteiger charge is -2.14. The number of aryl methyl sites for hydroxylation is 2. The molecule has 2 aromatic rings. The summed E-state index contributed by atoms with van der Waals surface area (Å²) in [6, 6.07) is 5.05.